The highest BCUT2D eigenvalue weighted by Gasteiger charge is 2.28. The van der Waals surface area contributed by atoms with Crippen LogP contribution in [0.2, 0.25) is 0 Å². The summed E-state index contributed by atoms with van der Waals surface area (Å²) in [6, 6.07) is 9.81. The van der Waals surface area contributed by atoms with E-state index in [9.17, 15) is 9.18 Å². The van der Waals surface area contributed by atoms with Gasteiger partial charge in [0.25, 0.3) is 5.91 Å². The first-order valence-corrected chi connectivity index (χ1v) is 9.62. The van der Waals surface area contributed by atoms with Crippen molar-refractivity contribution in [1.82, 2.24) is 19.7 Å². The zero-order chi connectivity index (χ0) is 18.8. The number of aromatic nitrogens is 3. The van der Waals surface area contributed by atoms with Crippen LogP contribution in [0, 0.1) is 5.82 Å². The van der Waals surface area contributed by atoms with Gasteiger partial charge >= 0.3 is 0 Å². The molecule has 0 spiro atoms. The van der Waals surface area contributed by atoms with Crippen molar-refractivity contribution in [3.63, 3.8) is 0 Å². The van der Waals surface area contributed by atoms with Gasteiger partial charge in [-0.3, -0.25) is 4.79 Å². The van der Waals surface area contributed by atoms with Crippen molar-refractivity contribution in [2.45, 2.75) is 18.9 Å². The van der Waals surface area contributed by atoms with Crippen molar-refractivity contribution in [2.24, 2.45) is 0 Å². The van der Waals surface area contributed by atoms with Gasteiger partial charge in [-0.15, -0.1) is 16.4 Å². The number of halogens is 1. The highest BCUT2D eigenvalue weighted by atomic mass is 32.1. The quantitative estimate of drug-likeness (QED) is 0.690. The third kappa shape index (κ3) is 3.63. The largest absolute Gasteiger partial charge is 0.380 e. The molecule has 6 nitrogen and oxygen atoms in total. The molecule has 4 rings (SSSR count). The molecule has 0 radical (unpaired) electrons. The number of benzene rings is 1. The summed E-state index contributed by atoms with van der Waals surface area (Å²) in [6.45, 7) is 1.20. The summed E-state index contributed by atoms with van der Waals surface area (Å²) in [4.78, 5) is 20.1. The fourth-order valence-electron chi connectivity index (χ4n) is 3.19. The number of likely N-dealkylation sites (tertiary alicyclic amines) is 1. The van der Waals surface area contributed by atoms with E-state index in [0.717, 1.165) is 17.7 Å². The number of amides is 1. The van der Waals surface area contributed by atoms with Gasteiger partial charge in [0, 0.05) is 20.2 Å². The monoisotopic (exact) mass is 386 g/mol. The minimum Gasteiger partial charge on any atom is -0.380 e. The SMILES string of the molecule is CO[C@H]1CCCN(C(=O)c2nc(-c3cccs3)n(-c3ccc(F)cc3)n2)C1. The number of rotatable bonds is 4. The lowest BCUT2D eigenvalue weighted by Crippen LogP contribution is -2.43. The highest BCUT2D eigenvalue weighted by Crippen LogP contribution is 2.26. The van der Waals surface area contributed by atoms with E-state index >= 15 is 0 Å². The molecule has 1 aromatic carbocycles. The lowest BCUT2D eigenvalue weighted by Gasteiger charge is -2.31. The Morgan fingerprint density at radius 1 is 1.30 bits per heavy atom. The molecule has 140 valence electrons. The molecule has 1 aliphatic heterocycles. The van der Waals surface area contributed by atoms with Crippen molar-refractivity contribution >= 4 is 17.2 Å². The van der Waals surface area contributed by atoms with Crippen LogP contribution < -0.4 is 0 Å². The molecule has 1 saturated heterocycles. The third-order valence-corrected chi connectivity index (χ3v) is 5.48. The normalized spacial score (nSPS) is 17.3. The molecule has 0 N–H and O–H groups in total. The Morgan fingerprint density at radius 2 is 2.11 bits per heavy atom. The Labute approximate surface area is 160 Å². The first-order chi connectivity index (χ1) is 13.2. The van der Waals surface area contributed by atoms with Crippen molar-refractivity contribution in [3.8, 4) is 16.4 Å². The lowest BCUT2D eigenvalue weighted by molar-refractivity contribution is 0.0262. The molecule has 0 saturated carbocycles. The summed E-state index contributed by atoms with van der Waals surface area (Å²) in [5.41, 5.74) is 0.653. The summed E-state index contributed by atoms with van der Waals surface area (Å²) < 4.78 is 20.3. The average molecular weight is 386 g/mol. The molecule has 1 atom stereocenters. The summed E-state index contributed by atoms with van der Waals surface area (Å²) in [5.74, 6) is 0.168. The zero-order valence-corrected chi connectivity index (χ0v) is 15.7. The number of piperidine rings is 1. The van der Waals surface area contributed by atoms with Gasteiger partial charge in [0.2, 0.25) is 5.82 Å². The van der Waals surface area contributed by atoms with Gasteiger partial charge in [-0.05, 0) is 48.6 Å². The van der Waals surface area contributed by atoms with Crippen LogP contribution in [0.5, 0.6) is 0 Å². The number of carbonyl (C=O) groups excluding carboxylic acids is 1. The smallest absolute Gasteiger partial charge is 0.293 e. The molecular formula is C19H19FN4O2S. The summed E-state index contributed by atoms with van der Waals surface area (Å²) in [5, 5.41) is 6.39. The Kier molecular flexibility index (Phi) is 5.00. The highest BCUT2D eigenvalue weighted by molar-refractivity contribution is 7.13. The molecule has 0 bridgehead atoms. The number of methoxy groups -OCH3 is 1. The van der Waals surface area contributed by atoms with Gasteiger partial charge in [-0.25, -0.2) is 14.1 Å². The molecule has 1 aliphatic rings. The maximum atomic E-state index is 13.3. The van der Waals surface area contributed by atoms with Gasteiger partial charge in [0.15, 0.2) is 5.82 Å². The van der Waals surface area contributed by atoms with Gasteiger partial charge < -0.3 is 9.64 Å². The van der Waals surface area contributed by atoms with Crippen LogP contribution in [-0.2, 0) is 4.74 Å². The summed E-state index contributed by atoms with van der Waals surface area (Å²) >= 11 is 1.51. The van der Waals surface area contributed by atoms with E-state index in [1.165, 1.54) is 23.5 Å². The van der Waals surface area contributed by atoms with Crippen LogP contribution in [0.15, 0.2) is 41.8 Å². The van der Waals surface area contributed by atoms with Crippen LogP contribution in [-0.4, -0.2) is 51.9 Å². The number of hydrogen-bond donors (Lipinski definition) is 0. The number of hydrogen-bond acceptors (Lipinski definition) is 5. The van der Waals surface area contributed by atoms with Gasteiger partial charge in [-0.2, -0.15) is 0 Å². The Hall–Kier alpha value is -2.58. The van der Waals surface area contributed by atoms with Gasteiger partial charge in [-0.1, -0.05) is 6.07 Å². The maximum Gasteiger partial charge on any atom is 0.293 e. The molecule has 0 unspecified atom stereocenters. The maximum absolute atomic E-state index is 13.3. The molecule has 2 aromatic heterocycles. The zero-order valence-electron chi connectivity index (χ0n) is 14.8. The van der Waals surface area contributed by atoms with Gasteiger partial charge in [0.05, 0.1) is 16.7 Å². The predicted molar refractivity (Wildman–Crippen MR) is 101 cm³/mol. The number of carbonyl (C=O) groups is 1. The fraction of sp³-hybridized carbons (Fsp3) is 0.316. The van der Waals surface area contributed by atoms with E-state index < -0.39 is 0 Å². The van der Waals surface area contributed by atoms with Crippen molar-refractivity contribution in [3.05, 3.63) is 53.4 Å². The van der Waals surface area contributed by atoms with Crippen LogP contribution in [0.1, 0.15) is 23.5 Å². The number of ether oxygens (including phenoxy) is 1. The minimum atomic E-state index is -0.327. The van der Waals surface area contributed by atoms with E-state index in [2.05, 4.69) is 10.1 Å². The number of thiophene rings is 1. The first kappa shape index (κ1) is 17.8. The van der Waals surface area contributed by atoms with E-state index in [4.69, 9.17) is 4.74 Å². The molecule has 27 heavy (non-hydrogen) atoms. The molecule has 0 aliphatic carbocycles. The third-order valence-electron chi connectivity index (χ3n) is 4.61. The molecule has 3 aromatic rings. The average Bonchev–Trinajstić information content (AvgIpc) is 3.38. The lowest BCUT2D eigenvalue weighted by atomic mass is 10.1. The molecule has 1 fully saturated rings. The molecular weight excluding hydrogens is 367 g/mol. The van der Waals surface area contributed by atoms with Crippen LogP contribution in [0.4, 0.5) is 4.39 Å². The van der Waals surface area contributed by atoms with Crippen molar-refractivity contribution in [1.29, 1.82) is 0 Å². The number of nitrogens with zero attached hydrogens (tertiary/aromatic N) is 4. The predicted octanol–water partition coefficient (Wildman–Crippen LogP) is 3.39. The summed E-state index contributed by atoms with van der Waals surface area (Å²) in [7, 11) is 1.66. The second-order valence-corrected chi connectivity index (χ2v) is 7.32. The first-order valence-electron chi connectivity index (χ1n) is 8.74. The Morgan fingerprint density at radius 3 is 2.81 bits per heavy atom. The van der Waals surface area contributed by atoms with E-state index in [1.807, 2.05) is 17.5 Å². The van der Waals surface area contributed by atoms with Crippen LogP contribution in [0.3, 0.4) is 0 Å². The van der Waals surface area contributed by atoms with E-state index in [-0.39, 0.29) is 23.7 Å². The Bertz CT molecular complexity index is 924. The van der Waals surface area contributed by atoms with Crippen LogP contribution in [0.25, 0.3) is 16.4 Å². The second kappa shape index (κ2) is 7.58. The molecule has 1 amide bonds. The molecule has 8 heteroatoms. The second-order valence-electron chi connectivity index (χ2n) is 6.38. The van der Waals surface area contributed by atoms with Crippen molar-refractivity contribution in [2.75, 3.05) is 20.2 Å². The summed E-state index contributed by atoms with van der Waals surface area (Å²) in [6.07, 6.45) is 1.87. The topological polar surface area (TPSA) is 60.2 Å². The Balaban J connectivity index is 1.71. The van der Waals surface area contributed by atoms with Crippen molar-refractivity contribution < 1.29 is 13.9 Å². The van der Waals surface area contributed by atoms with Gasteiger partial charge in [0.1, 0.15) is 5.82 Å². The fourth-order valence-corrected chi connectivity index (χ4v) is 3.89. The van der Waals surface area contributed by atoms with Crippen LogP contribution >= 0.6 is 11.3 Å². The minimum absolute atomic E-state index is 0.0404. The van der Waals surface area contributed by atoms with E-state index in [0.29, 0.717) is 24.6 Å². The standard InChI is InChI=1S/C19H19FN4O2S/c1-26-15-4-2-10-23(12-15)19(25)17-21-18(16-5-3-11-27-16)24(22-17)14-8-6-13(20)7-9-14/h3,5-9,11,15H,2,4,10,12H2,1H3/t15-/m0/s1. The molecule has 3 heterocycles. The van der Waals surface area contributed by atoms with E-state index in [1.54, 1.807) is 28.8 Å².